The van der Waals surface area contributed by atoms with Crippen molar-refractivity contribution in [1.29, 1.82) is 0 Å². The molecule has 2 N–H and O–H groups in total. The average molecular weight is 229 g/mol. The maximum Gasteiger partial charge on any atom is 0.220 e. The molecular weight excluding hydrogens is 206 g/mol. The van der Waals surface area contributed by atoms with E-state index < -0.39 is 0 Å². The molecular formula is C12H23NO3. The molecule has 1 saturated carbocycles. The van der Waals surface area contributed by atoms with E-state index in [1.54, 1.807) is 7.11 Å². The molecule has 0 unspecified atom stereocenters. The smallest absolute Gasteiger partial charge is 0.220 e. The molecule has 4 heteroatoms. The molecule has 4 nitrogen and oxygen atoms in total. The molecule has 0 aromatic rings. The molecule has 0 saturated heterocycles. The molecule has 0 spiro atoms. The number of ether oxygens (including phenoxy) is 1. The summed E-state index contributed by atoms with van der Waals surface area (Å²) in [4.78, 5) is 11.4. The first-order valence-electron chi connectivity index (χ1n) is 6.16. The third kappa shape index (κ3) is 5.47. The lowest BCUT2D eigenvalue weighted by molar-refractivity contribution is -0.121. The van der Waals surface area contributed by atoms with Crippen LogP contribution in [-0.2, 0) is 9.53 Å². The molecule has 1 amide bonds. The number of methoxy groups -OCH3 is 1. The van der Waals surface area contributed by atoms with Gasteiger partial charge in [0.25, 0.3) is 0 Å². The second-order valence-electron chi connectivity index (χ2n) is 4.57. The van der Waals surface area contributed by atoms with Gasteiger partial charge in [-0.3, -0.25) is 4.79 Å². The van der Waals surface area contributed by atoms with Crippen molar-refractivity contribution in [2.45, 2.75) is 44.6 Å². The van der Waals surface area contributed by atoms with Gasteiger partial charge >= 0.3 is 0 Å². The maximum absolute atomic E-state index is 11.4. The van der Waals surface area contributed by atoms with E-state index in [2.05, 4.69) is 5.32 Å². The van der Waals surface area contributed by atoms with E-state index in [4.69, 9.17) is 4.74 Å². The Morgan fingerprint density at radius 1 is 1.38 bits per heavy atom. The molecule has 0 bridgehead atoms. The first kappa shape index (κ1) is 13.5. The highest BCUT2D eigenvalue weighted by Crippen LogP contribution is 2.23. The van der Waals surface area contributed by atoms with Crippen LogP contribution in [0.1, 0.15) is 38.5 Å². The van der Waals surface area contributed by atoms with Crippen molar-refractivity contribution in [3.05, 3.63) is 0 Å². The lowest BCUT2D eigenvalue weighted by Crippen LogP contribution is -2.32. The molecule has 1 fully saturated rings. The molecule has 1 aliphatic carbocycles. The molecule has 16 heavy (non-hydrogen) atoms. The van der Waals surface area contributed by atoms with Crippen molar-refractivity contribution in [1.82, 2.24) is 5.32 Å². The third-order valence-corrected chi connectivity index (χ3v) is 3.16. The van der Waals surface area contributed by atoms with Crippen LogP contribution in [0.5, 0.6) is 0 Å². The van der Waals surface area contributed by atoms with Gasteiger partial charge in [-0.25, -0.2) is 0 Å². The van der Waals surface area contributed by atoms with Gasteiger partial charge in [0.1, 0.15) is 0 Å². The number of nitrogens with one attached hydrogen (secondary N) is 1. The minimum absolute atomic E-state index is 0.114. The first-order chi connectivity index (χ1) is 7.72. The van der Waals surface area contributed by atoms with Gasteiger partial charge in [0.2, 0.25) is 5.91 Å². The number of amides is 1. The van der Waals surface area contributed by atoms with Crippen LogP contribution in [0.25, 0.3) is 0 Å². The van der Waals surface area contributed by atoms with Crippen molar-refractivity contribution in [2.75, 3.05) is 20.3 Å². The Morgan fingerprint density at radius 2 is 2.06 bits per heavy atom. The van der Waals surface area contributed by atoms with Gasteiger partial charge in [0, 0.05) is 26.7 Å². The van der Waals surface area contributed by atoms with E-state index in [1.165, 1.54) is 0 Å². The fraction of sp³-hybridized carbons (Fsp3) is 0.917. The lowest BCUT2D eigenvalue weighted by atomic mass is 9.87. The van der Waals surface area contributed by atoms with E-state index in [-0.39, 0.29) is 12.0 Å². The fourth-order valence-electron chi connectivity index (χ4n) is 2.07. The van der Waals surface area contributed by atoms with Gasteiger partial charge in [-0.15, -0.1) is 0 Å². The first-order valence-corrected chi connectivity index (χ1v) is 6.16. The molecule has 0 aliphatic heterocycles. The van der Waals surface area contributed by atoms with E-state index in [0.717, 1.165) is 38.6 Å². The van der Waals surface area contributed by atoms with E-state index >= 15 is 0 Å². The zero-order valence-corrected chi connectivity index (χ0v) is 10.1. The molecule has 0 aromatic heterocycles. The summed E-state index contributed by atoms with van der Waals surface area (Å²) in [7, 11) is 1.64. The number of aliphatic hydroxyl groups excluding tert-OH is 1. The Morgan fingerprint density at radius 3 is 2.69 bits per heavy atom. The summed E-state index contributed by atoms with van der Waals surface area (Å²) in [6, 6.07) is 0. The average Bonchev–Trinajstić information content (AvgIpc) is 2.29. The SMILES string of the molecule is COCCCC(=O)NCC1CCC(O)CC1. The minimum Gasteiger partial charge on any atom is -0.393 e. The zero-order chi connectivity index (χ0) is 11.8. The molecule has 0 aromatic carbocycles. The fourth-order valence-corrected chi connectivity index (χ4v) is 2.07. The predicted octanol–water partition coefficient (Wildman–Crippen LogP) is 1.08. The molecule has 0 heterocycles. The topological polar surface area (TPSA) is 58.6 Å². The van der Waals surface area contributed by atoms with Crippen LogP contribution in [0.15, 0.2) is 0 Å². The molecule has 0 atom stereocenters. The Balaban J connectivity index is 2.03. The van der Waals surface area contributed by atoms with Crippen molar-refractivity contribution in [3.8, 4) is 0 Å². The second kappa shape index (κ2) is 7.63. The molecule has 1 aliphatic rings. The van der Waals surface area contributed by atoms with Crippen molar-refractivity contribution in [3.63, 3.8) is 0 Å². The predicted molar refractivity (Wildman–Crippen MR) is 62.1 cm³/mol. The van der Waals surface area contributed by atoms with Gasteiger partial charge in [0.15, 0.2) is 0 Å². The third-order valence-electron chi connectivity index (χ3n) is 3.16. The molecule has 94 valence electrons. The van der Waals surface area contributed by atoms with Crippen molar-refractivity contribution in [2.24, 2.45) is 5.92 Å². The number of hydrogen-bond donors (Lipinski definition) is 2. The number of carbonyl (C=O) groups excluding carboxylic acids is 1. The van der Waals surface area contributed by atoms with Crippen molar-refractivity contribution >= 4 is 5.91 Å². The summed E-state index contributed by atoms with van der Waals surface area (Å²) in [5.41, 5.74) is 0. The van der Waals surface area contributed by atoms with Crippen LogP contribution in [-0.4, -0.2) is 37.4 Å². The van der Waals surface area contributed by atoms with Crippen LogP contribution in [0.4, 0.5) is 0 Å². The highest BCUT2D eigenvalue weighted by molar-refractivity contribution is 5.75. The van der Waals surface area contributed by atoms with Crippen LogP contribution in [0.3, 0.4) is 0 Å². The Bertz CT molecular complexity index is 200. The summed E-state index contributed by atoms with van der Waals surface area (Å²) in [6.45, 7) is 1.40. The number of hydrogen-bond acceptors (Lipinski definition) is 3. The summed E-state index contributed by atoms with van der Waals surface area (Å²) in [6.07, 6.45) is 5.02. The quantitative estimate of drug-likeness (QED) is 0.670. The van der Waals surface area contributed by atoms with Gasteiger partial charge in [-0.1, -0.05) is 0 Å². The van der Waals surface area contributed by atoms with Gasteiger partial charge in [-0.2, -0.15) is 0 Å². The second-order valence-corrected chi connectivity index (χ2v) is 4.57. The van der Waals surface area contributed by atoms with E-state index in [9.17, 15) is 9.90 Å². The van der Waals surface area contributed by atoms with Crippen molar-refractivity contribution < 1.29 is 14.6 Å². The summed E-state index contributed by atoms with van der Waals surface area (Å²) < 4.78 is 4.89. The summed E-state index contributed by atoms with van der Waals surface area (Å²) in [5.74, 6) is 0.665. The van der Waals surface area contributed by atoms with Crippen LogP contribution in [0.2, 0.25) is 0 Å². The number of aliphatic hydroxyl groups is 1. The lowest BCUT2D eigenvalue weighted by Gasteiger charge is -2.25. The Labute approximate surface area is 97.4 Å². The van der Waals surface area contributed by atoms with Gasteiger partial charge in [0.05, 0.1) is 6.10 Å². The largest absolute Gasteiger partial charge is 0.393 e. The highest BCUT2D eigenvalue weighted by atomic mass is 16.5. The Hall–Kier alpha value is -0.610. The number of rotatable bonds is 6. The summed E-state index contributed by atoms with van der Waals surface area (Å²) in [5, 5.41) is 12.3. The van der Waals surface area contributed by atoms with Crippen LogP contribution < -0.4 is 5.32 Å². The number of carbonyl (C=O) groups is 1. The van der Waals surface area contributed by atoms with Gasteiger partial charge in [-0.05, 0) is 38.0 Å². The van der Waals surface area contributed by atoms with E-state index in [0.29, 0.717) is 18.9 Å². The molecule has 1 rings (SSSR count). The van der Waals surface area contributed by atoms with Crippen LogP contribution in [0, 0.1) is 5.92 Å². The monoisotopic (exact) mass is 229 g/mol. The Kier molecular flexibility index (Phi) is 6.42. The molecule has 0 radical (unpaired) electrons. The van der Waals surface area contributed by atoms with Gasteiger partial charge < -0.3 is 15.2 Å². The standard InChI is InChI=1S/C12H23NO3/c1-16-8-2-3-12(15)13-9-10-4-6-11(14)7-5-10/h10-11,14H,2-9H2,1H3,(H,13,15). The van der Waals surface area contributed by atoms with E-state index in [1.807, 2.05) is 0 Å². The zero-order valence-electron chi connectivity index (χ0n) is 10.1. The van der Waals surface area contributed by atoms with Crippen LogP contribution >= 0.6 is 0 Å². The maximum atomic E-state index is 11.4. The highest BCUT2D eigenvalue weighted by Gasteiger charge is 2.19. The normalized spacial score (nSPS) is 25.4. The summed E-state index contributed by atoms with van der Waals surface area (Å²) >= 11 is 0. The minimum atomic E-state index is -0.117.